The van der Waals surface area contributed by atoms with Crippen molar-refractivity contribution in [2.45, 2.75) is 52.4 Å². The Kier molecular flexibility index (Phi) is 7.43. The van der Waals surface area contributed by atoms with E-state index in [1.165, 1.54) is 22.7 Å². The number of rotatable bonds is 6. The fourth-order valence-corrected chi connectivity index (χ4v) is 3.65. The first kappa shape index (κ1) is 22.9. The Hall–Kier alpha value is -2.39. The summed E-state index contributed by atoms with van der Waals surface area (Å²) in [4.78, 5) is 19.6. The number of benzene rings is 1. The van der Waals surface area contributed by atoms with E-state index >= 15 is 0 Å². The van der Waals surface area contributed by atoms with Crippen molar-refractivity contribution >= 4 is 25.2 Å². The molecular weight excluding hydrogens is 416 g/mol. The number of H-pyrrole nitrogens is 1. The molecule has 1 aromatic carbocycles. The number of aryl methyl sites for hydroxylation is 2. The second kappa shape index (κ2) is 9.41. The highest BCUT2D eigenvalue weighted by Gasteiger charge is 2.19. The quantitative estimate of drug-likeness (QED) is 0.585. The Labute approximate surface area is 174 Å². The summed E-state index contributed by atoms with van der Waals surface area (Å²) in [7, 11) is 1.51. The summed E-state index contributed by atoms with van der Waals surface area (Å²) in [6.45, 7) is 9.91. The number of nitrogens with one attached hydrogen (secondary N) is 1. The molecule has 1 N–H and O–H groups in total. The molecule has 2 heterocycles. The van der Waals surface area contributed by atoms with Gasteiger partial charge in [-0.3, -0.25) is 4.79 Å². The maximum absolute atomic E-state index is 12.6. The molecule has 0 aliphatic carbocycles. The van der Waals surface area contributed by atoms with Crippen LogP contribution in [0.3, 0.4) is 0 Å². The highest BCUT2D eigenvalue weighted by molar-refractivity contribution is 8.13. The van der Waals surface area contributed by atoms with Crippen molar-refractivity contribution < 1.29 is 13.2 Å². The molecule has 10 heteroatoms. The van der Waals surface area contributed by atoms with Crippen LogP contribution in [0.2, 0.25) is 0 Å². The maximum atomic E-state index is 12.6. The van der Waals surface area contributed by atoms with E-state index in [0.29, 0.717) is 41.4 Å². The fourth-order valence-electron chi connectivity index (χ4n) is 2.87. The molecule has 29 heavy (non-hydrogen) atoms. The maximum Gasteiger partial charge on any atom is 0.277 e. The molecule has 3 aromatic rings. The Bertz CT molecular complexity index is 1170. The molecule has 8 nitrogen and oxygen atoms in total. The van der Waals surface area contributed by atoms with Gasteiger partial charge >= 0.3 is 0 Å². The molecule has 0 aliphatic heterocycles. The van der Waals surface area contributed by atoms with Crippen LogP contribution in [-0.4, -0.2) is 34.6 Å². The van der Waals surface area contributed by atoms with Gasteiger partial charge in [-0.05, 0) is 38.5 Å². The number of ether oxygens (including phenoxy) is 1. The molecule has 0 unspecified atom stereocenters. The minimum absolute atomic E-state index is 0.110. The van der Waals surface area contributed by atoms with Gasteiger partial charge in [0.25, 0.3) is 14.6 Å². The predicted octanol–water partition coefficient (Wildman–Crippen LogP) is 3.70. The Morgan fingerprint density at radius 3 is 2.52 bits per heavy atom. The number of halogens is 1. The van der Waals surface area contributed by atoms with Crippen molar-refractivity contribution in [2.24, 2.45) is 0 Å². The van der Waals surface area contributed by atoms with Gasteiger partial charge in [0, 0.05) is 17.1 Å². The number of hydrogen-bond donors (Lipinski definition) is 1. The van der Waals surface area contributed by atoms with Crippen molar-refractivity contribution in [1.29, 1.82) is 0 Å². The monoisotopic (exact) mass is 440 g/mol. The van der Waals surface area contributed by atoms with Gasteiger partial charge in [-0.25, -0.2) is 17.9 Å². The number of nitrogens with zero attached hydrogens (tertiary/aromatic N) is 3. The molecule has 2 aromatic heterocycles. The van der Waals surface area contributed by atoms with Gasteiger partial charge in [-0.15, -0.1) is 5.10 Å². The third kappa shape index (κ3) is 4.79. The first-order valence-electron chi connectivity index (χ1n) is 9.46. The van der Waals surface area contributed by atoms with E-state index in [1.807, 2.05) is 20.8 Å². The van der Waals surface area contributed by atoms with Crippen molar-refractivity contribution in [3.05, 3.63) is 40.1 Å². The molecule has 0 fully saturated rings. The molecule has 0 saturated carbocycles. The number of fused-ring (bicyclic) bond motifs is 1. The lowest BCUT2D eigenvalue weighted by Gasteiger charge is -2.11. The molecule has 0 spiro atoms. The molecular formula is C19H25ClN4O4S. The van der Waals surface area contributed by atoms with E-state index in [9.17, 15) is 13.2 Å². The van der Waals surface area contributed by atoms with Crippen LogP contribution in [0.15, 0.2) is 27.9 Å². The third-order valence-electron chi connectivity index (χ3n) is 4.00. The van der Waals surface area contributed by atoms with Crippen molar-refractivity contribution in [1.82, 2.24) is 19.6 Å². The average molecular weight is 441 g/mol. The van der Waals surface area contributed by atoms with Gasteiger partial charge in [-0.2, -0.15) is 0 Å². The van der Waals surface area contributed by atoms with E-state index in [4.69, 9.17) is 15.4 Å². The van der Waals surface area contributed by atoms with Crippen molar-refractivity contribution in [3.8, 4) is 17.1 Å². The van der Waals surface area contributed by atoms with Crippen LogP contribution in [-0.2, 0) is 15.5 Å². The lowest BCUT2D eigenvalue weighted by molar-refractivity contribution is 0.341. The Morgan fingerprint density at radius 2 is 1.93 bits per heavy atom. The zero-order chi connectivity index (χ0) is 21.8. The van der Waals surface area contributed by atoms with Crippen molar-refractivity contribution in [2.75, 3.05) is 6.61 Å². The lowest BCUT2D eigenvalue weighted by atomic mass is 10.2. The minimum atomic E-state index is -3.95. The Morgan fingerprint density at radius 1 is 1.24 bits per heavy atom. The largest absolute Gasteiger partial charge is 0.493 e. The van der Waals surface area contributed by atoms with Gasteiger partial charge in [0.1, 0.15) is 11.6 Å². The van der Waals surface area contributed by atoms with E-state index in [-0.39, 0.29) is 16.3 Å². The fraction of sp³-hybridized carbons (Fsp3) is 0.421. The van der Waals surface area contributed by atoms with Gasteiger partial charge < -0.3 is 9.72 Å². The standard InChI is InChI=1S/C17H19ClN4O4S.C2H6/c1-4-6-14-19-10(3)15-17(23)20-16(21-22(14)15)12-9-11(27(18,24)25)7-8-13(12)26-5-2;1-2/h7-9H,4-6H2,1-3H3,(H,20,21,23);1-2H3. The van der Waals surface area contributed by atoms with E-state index in [0.717, 1.165) is 6.42 Å². The average Bonchev–Trinajstić information content (AvgIpc) is 2.99. The number of aromatic amines is 1. The number of hydrogen-bond acceptors (Lipinski definition) is 6. The van der Waals surface area contributed by atoms with E-state index in [2.05, 4.69) is 15.1 Å². The number of imidazole rings is 1. The molecule has 158 valence electrons. The van der Waals surface area contributed by atoms with Crippen molar-refractivity contribution in [3.63, 3.8) is 0 Å². The van der Waals surface area contributed by atoms with Gasteiger partial charge in [0.2, 0.25) is 0 Å². The molecule has 0 saturated heterocycles. The van der Waals surface area contributed by atoms with Gasteiger partial charge in [-0.1, -0.05) is 20.8 Å². The second-order valence-corrected chi connectivity index (χ2v) is 8.52. The SMILES string of the molecule is CC.CCCc1nc(C)c2c(=O)[nH]c(-c3cc(S(=O)(=O)Cl)ccc3OCC)nn12. The molecule has 0 aliphatic rings. The lowest BCUT2D eigenvalue weighted by Crippen LogP contribution is -2.16. The molecule has 0 atom stereocenters. The topological polar surface area (TPSA) is 106 Å². The van der Waals surface area contributed by atoms with Crippen LogP contribution < -0.4 is 10.3 Å². The Balaban J connectivity index is 0.00000145. The predicted molar refractivity (Wildman–Crippen MR) is 113 cm³/mol. The highest BCUT2D eigenvalue weighted by Crippen LogP contribution is 2.31. The smallest absolute Gasteiger partial charge is 0.277 e. The van der Waals surface area contributed by atoms with Crippen LogP contribution >= 0.6 is 10.7 Å². The summed E-state index contributed by atoms with van der Waals surface area (Å²) < 4.78 is 30.5. The second-order valence-electron chi connectivity index (χ2n) is 5.96. The summed E-state index contributed by atoms with van der Waals surface area (Å²) in [5, 5.41) is 4.49. The zero-order valence-corrected chi connectivity index (χ0v) is 18.7. The normalized spacial score (nSPS) is 11.2. The summed E-state index contributed by atoms with van der Waals surface area (Å²) in [6.07, 6.45) is 1.49. The van der Waals surface area contributed by atoms with Crippen LogP contribution in [0, 0.1) is 6.92 Å². The van der Waals surface area contributed by atoms with Gasteiger partial charge in [0.15, 0.2) is 11.3 Å². The first-order chi connectivity index (χ1) is 13.8. The number of aromatic nitrogens is 4. The molecule has 3 rings (SSSR count). The van der Waals surface area contributed by atoms with Gasteiger partial charge in [0.05, 0.1) is 22.8 Å². The minimum Gasteiger partial charge on any atom is -0.493 e. The molecule has 0 amide bonds. The van der Waals surface area contributed by atoms with E-state index in [1.54, 1.807) is 13.8 Å². The first-order valence-corrected chi connectivity index (χ1v) is 11.8. The van der Waals surface area contributed by atoms with Crippen LogP contribution in [0.4, 0.5) is 0 Å². The van der Waals surface area contributed by atoms with Crippen LogP contribution in [0.25, 0.3) is 16.9 Å². The molecule has 0 radical (unpaired) electrons. The summed E-state index contributed by atoms with van der Waals surface area (Å²) in [6, 6.07) is 4.17. The third-order valence-corrected chi connectivity index (χ3v) is 5.36. The summed E-state index contributed by atoms with van der Waals surface area (Å²) in [5.74, 6) is 1.22. The molecule has 0 bridgehead atoms. The highest BCUT2D eigenvalue weighted by atomic mass is 35.7. The zero-order valence-electron chi connectivity index (χ0n) is 17.1. The van der Waals surface area contributed by atoms with Crippen LogP contribution in [0.1, 0.15) is 45.6 Å². The summed E-state index contributed by atoms with van der Waals surface area (Å²) in [5.41, 5.74) is 0.905. The van der Waals surface area contributed by atoms with E-state index < -0.39 is 9.05 Å². The summed E-state index contributed by atoms with van der Waals surface area (Å²) >= 11 is 0. The van der Waals surface area contributed by atoms with Crippen LogP contribution in [0.5, 0.6) is 5.75 Å².